The fourth-order valence-electron chi connectivity index (χ4n) is 1.20. The lowest BCUT2D eigenvalue weighted by molar-refractivity contribution is -0.121. The molecular formula is C12H15NO5. The number of anilines is 1. The Morgan fingerprint density at radius 2 is 1.89 bits per heavy atom. The predicted octanol–water partition coefficient (Wildman–Crippen LogP) is 0.986. The molecular weight excluding hydrogens is 238 g/mol. The number of benzene rings is 1. The van der Waals surface area contributed by atoms with Gasteiger partial charge in [-0.15, -0.1) is 0 Å². The van der Waals surface area contributed by atoms with Crippen LogP contribution in [-0.4, -0.2) is 43.9 Å². The molecule has 0 saturated carbocycles. The maximum absolute atomic E-state index is 11.4. The zero-order chi connectivity index (χ0) is 13.4. The van der Waals surface area contributed by atoms with Crippen molar-refractivity contribution in [3.63, 3.8) is 0 Å². The molecule has 6 heteroatoms. The van der Waals surface area contributed by atoms with Gasteiger partial charge >= 0.3 is 5.97 Å². The molecule has 0 aliphatic rings. The van der Waals surface area contributed by atoms with Crippen molar-refractivity contribution in [1.82, 2.24) is 0 Å². The van der Waals surface area contributed by atoms with Crippen LogP contribution in [0.2, 0.25) is 0 Å². The Bertz CT molecular complexity index is 401. The Labute approximate surface area is 105 Å². The zero-order valence-corrected chi connectivity index (χ0v) is 10.0. The number of hydrogen-bond acceptors (Lipinski definition) is 4. The highest BCUT2D eigenvalue weighted by atomic mass is 16.5. The van der Waals surface area contributed by atoms with Gasteiger partial charge in [-0.1, -0.05) is 0 Å². The summed E-state index contributed by atoms with van der Waals surface area (Å²) in [5, 5.41) is 11.3. The van der Waals surface area contributed by atoms with E-state index >= 15 is 0 Å². The van der Waals surface area contributed by atoms with Gasteiger partial charge < -0.3 is 19.9 Å². The minimum absolute atomic E-state index is 0.0654. The molecule has 0 unspecified atom stereocenters. The number of amides is 1. The predicted molar refractivity (Wildman–Crippen MR) is 64.7 cm³/mol. The molecule has 0 fully saturated rings. The molecule has 1 rings (SSSR count). The average Bonchev–Trinajstić information content (AvgIpc) is 2.35. The molecule has 1 amide bonds. The number of aromatic carboxylic acids is 1. The van der Waals surface area contributed by atoms with Crippen LogP contribution in [0.5, 0.6) is 0 Å². The summed E-state index contributed by atoms with van der Waals surface area (Å²) in [7, 11) is 1.55. The number of methoxy groups -OCH3 is 1. The Hall–Kier alpha value is -1.92. The topological polar surface area (TPSA) is 84.9 Å². The Morgan fingerprint density at radius 1 is 1.22 bits per heavy atom. The summed E-state index contributed by atoms with van der Waals surface area (Å²) < 4.78 is 9.80. The molecule has 0 bridgehead atoms. The van der Waals surface area contributed by atoms with Crippen molar-refractivity contribution in [3.05, 3.63) is 29.8 Å². The van der Waals surface area contributed by atoms with Crippen molar-refractivity contribution in [2.45, 2.75) is 0 Å². The van der Waals surface area contributed by atoms with Crippen molar-refractivity contribution >= 4 is 17.6 Å². The van der Waals surface area contributed by atoms with Gasteiger partial charge in [-0.2, -0.15) is 0 Å². The average molecular weight is 253 g/mol. The van der Waals surface area contributed by atoms with Gasteiger partial charge in [-0.25, -0.2) is 4.79 Å². The van der Waals surface area contributed by atoms with Crippen LogP contribution >= 0.6 is 0 Å². The monoisotopic (exact) mass is 253 g/mol. The van der Waals surface area contributed by atoms with E-state index in [9.17, 15) is 9.59 Å². The van der Waals surface area contributed by atoms with Crippen molar-refractivity contribution in [3.8, 4) is 0 Å². The highest BCUT2D eigenvalue weighted by molar-refractivity contribution is 5.93. The van der Waals surface area contributed by atoms with E-state index in [-0.39, 0.29) is 18.1 Å². The number of carbonyl (C=O) groups excluding carboxylic acids is 1. The van der Waals surface area contributed by atoms with E-state index in [0.29, 0.717) is 18.9 Å². The normalized spacial score (nSPS) is 10.1. The van der Waals surface area contributed by atoms with E-state index < -0.39 is 5.97 Å². The van der Waals surface area contributed by atoms with Crippen LogP contribution < -0.4 is 5.32 Å². The Balaban J connectivity index is 2.37. The van der Waals surface area contributed by atoms with Gasteiger partial charge in [0.15, 0.2) is 0 Å². The first-order valence-electron chi connectivity index (χ1n) is 5.33. The van der Waals surface area contributed by atoms with Gasteiger partial charge in [-0.3, -0.25) is 4.79 Å². The number of nitrogens with one attached hydrogen (secondary N) is 1. The van der Waals surface area contributed by atoms with Crippen molar-refractivity contribution in [2.24, 2.45) is 0 Å². The molecule has 1 aromatic rings. The summed E-state index contributed by atoms with van der Waals surface area (Å²) in [5.74, 6) is -1.30. The molecule has 0 atom stereocenters. The van der Waals surface area contributed by atoms with E-state index in [4.69, 9.17) is 14.6 Å². The third-order valence-electron chi connectivity index (χ3n) is 2.08. The lowest BCUT2D eigenvalue weighted by Crippen LogP contribution is -2.19. The number of rotatable bonds is 7. The maximum Gasteiger partial charge on any atom is 0.335 e. The number of carboxylic acids is 1. The van der Waals surface area contributed by atoms with E-state index in [0.717, 1.165) is 0 Å². The number of carboxylic acid groups (broad SMARTS) is 1. The van der Waals surface area contributed by atoms with Crippen molar-refractivity contribution in [1.29, 1.82) is 0 Å². The van der Waals surface area contributed by atoms with Crippen LogP contribution in [-0.2, 0) is 14.3 Å². The van der Waals surface area contributed by atoms with Gasteiger partial charge in [-0.05, 0) is 24.3 Å². The Kier molecular flexibility index (Phi) is 5.83. The highest BCUT2D eigenvalue weighted by Gasteiger charge is 2.04. The zero-order valence-electron chi connectivity index (χ0n) is 10.0. The third-order valence-corrected chi connectivity index (χ3v) is 2.08. The second-order valence-corrected chi connectivity index (χ2v) is 3.48. The van der Waals surface area contributed by atoms with E-state index in [2.05, 4.69) is 5.32 Å². The first-order valence-corrected chi connectivity index (χ1v) is 5.33. The lowest BCUT2D eigenvalue weighted by Gasteiger charge is -2.06. The molecule has 18 heavy (non-hydrogen) atoms. The molecule has 0 heterocycles. The summed E-state index contributed by atoms with van der Waals surface area (Å²) in [4.78, 5) is 22.0. The van der Waals surface area contributed by atoms with Crippen LogP contribution in [0.25, 0.3) is 0 Å². The second-order valence-electron chi connectivity index (χ2n) is 3.48. The smallest absolute Gasteiger partial charge is 0.335 e. The number of hydrogen-bond donors (Lipinski definition) is 2. The van der Waals surface area contributed by atoms with Crippen LogP contribution in [0.3, 0.4) is 0 Å². The molecule has 1 aromatic carbocycles. The maximum atomic E-state index is 11.4. The molecule has 0 aliphatic carbocycles. The lowest BCUT2D eigenvalue weighted by atomic mass is 10.2. The van der Waals surface area contributed by atoms with Gasteiger partial charge in [0.05, 0.1) is 18.8 Å². The highest BCUT2D eigenvalue weighted by Crippen LogP contribution is 2.09. The standard InChI is InChI=1S/C12H15NO5/c1-17-6-7-18-8-11(14)13-10-4-2-9(3-5-10)12(15)16/h2-5H,6-8H2,1H3,(H,13,14)(H,15,16). The third kappa shape index (κ3) is 4.94. The van der Waals surface area contributed by atoms with Crippen molar-refractivity contribution in [2.75, 3.05) is 32.2 Å². The minimum Gasteiger partial charge on any atom is -0.478 e. The van der Waals surface area contributed by atoms with Gasteiger partial charge in [0.2, 0.25) is 5.91 Å². The first-order chi connectivity index (χ1) is 8.63. The molecule has 0 radical (unpaired) electrons. The van der Waals surface area contributed by atoms with Crippen molar-refractivity contribution < 1.29 is 24.2 Å². The Morgan fingerprint density at radius 3 is 2.44 bits per heavy atom. The molecule has 0 spiro atoms. The first kappa shape index (κ1) is 14.1. The summed E-state index contributed by atoms with van der Waals surface area (Å²) in [6, 6.07) is 5.89. The molecule has 6 nitrogen and oxygen atoms in total. The second kappa shape index (κ2) is 7.41. The van der Waals surface area contributed by atoms with Crippen LogP contribution in [0, 0.1) is 0 Å². The summed E-state index contributed by atoms with van der Waals surface area (Å²) in [6.07, 6.45) is 0. The molecule has 0 aliphatic heterocycles. The van der Waals surface area contributed by atoms with Crippen LogP contribution in [0.15, 0.2) is 24.3 Å². The van der Waals surface area contributed by atoms with E-state index in [1.54, 1.807) is 7.11 Å². The molecule has 98 valence electrons. The summed E-state index contributed by atoms with van der Waals surface area (Å²) in [5.41, 5.74) is 0.699. The number of ether oxygens (including phenoxy) is 2. The fourth-order valence-corrected chi connectivity index (χ4v) is 1.20. The van der Waals surface area contributed by atoms with Crippen LogP contribution in [0.1, 0.15) is 10.4 Å². The molecule has 0 aromatic heterocycles. The molecule has 0 saturated heterocycles. The SMILES string of the molecule is COCCOCC(=O)Nc1ccc(C(=O)O)cc1. The summed E-state index contributed by atoms with van der Waals surface area (Å²) >= 11 is 0. The number of carbonyl (C=O) groups is 2. The van der Waals surface area contributed by atoms with E-state index in [1.165, 1.54) is 24.3 Å². The van der Waals surface area contributed by atoms with Gasteiger partial charge in [0.25, 0.3) is 0 Å². The minimum atomic E-state index is -1.00. The van der Waals surface area contributed by atoms with Crippen LogP contribution in [0.4, 0.5) is 5.69 Å². The quantitative estimate of drug-likeness (QED) is 0.708. The summed E-state index contributed by atoms with van der Waals surface area (Å²) in [6.45, 7) is 0.715. The van der Waals surface area contributed by atoms with Gasteiger partial charge in [0.1, 0.15) is 6.61 Å². The fraction of sp³-hybridized carbons (Fsp3) is 0.333. The molecule has 2 N–H and O–H groups in total. The largest absolute Gasteiger partial charge is 0.478 e. The van der Waals surface area contributed by atoms with Gasteiger partial charge in [0, 0.05) is 12.8 Å². The van der Waals surface area contributed by atoms with E-state index in [1.807, 2.05) is 0 Å².